The van der Waals surface area contributed by atoms with Crippen molar-refractivity contribution in [1.29, 1.82) is 5.26 Å². The first-order valence-corrected chi connectivity index (χ1v) is 5.16. The highest BCUT2D eigenvalue weighted by Gasteiger charge is 2.00. The Bertz CT molecular complexity index is 396. The molecule has 0 aliphatic carbocycles. The molecule has 0 bridgehead atoms. The van der Waals surface area contributed by atoms with Crippen LogP contribution in [0.25, 0.3) is 0 Å². The Morgan fingerprint density at radius 2 is 2.38 bits per heavy atom. The van der Waals surface area contributed by atoms with Crippen molar-refractivity contribution < 1.29 is 9.53 Å². The maximum Gasteiger partial charge on any atom is 0.307 e. The minimum Gasteiger partial charge on any atom is -0.466 e. The fourth-order valence-corrected chi connectivity index (χ4v) is 1.24. The molecule has 0 aliphatic heterocycles. The Hall–Kier alpha value is -2.02. The third-order valence-electron chi connectivity index (χ3n) is 1.96. The number of nitrogens with one attached hydrogen (secondary N) is 1. The first-order valence-electron chi connectivity index (χ1n) is 5.16. The Labute approximate surface area is 94.8 Å². The molecule has 1 aromatic rings. The van der Waals surface area contributed by atoms with Crippen LogP contribution in [0, 0.1) is 11.3 Å². The third kappa shape index (κ3) is 4.01. The lowest BCUT2D eigenvalue weighted by Crippen LogP contribution is -2.11. The van der Waals surface area contributed by atoms with Crippen LogP contribution in [-0.4, -0.2) is 19.1 Å². The predicted molar refractivity (Wildman–Crippen MR) is 60.9 cm³/mol. The normalized spacial score (nSPS) is 9.25. The number of benzene rings is 1. The van der Waals surface area contributed by atoms with Crippen molar-refractivity contribution >= 4 is 11.7 Å². The summed E-state index contributed by atoms with van der Waals surface area (Å²) >= 11 is 0. The van der Waals surface area contributed by atoms with E-state index in [9.17, 15) is 4.79 Å². The summed E-state index contributed by atoms with van der Waals surface area (Å²) in [4.78, 5) is 11.0. The van der Waals surface area contributed by atoms with Gasteiger partial charge in [-0.3, -0.25) is 4.79 Å². The van der Waals surface area contributed by atoms with E-state index in [0.29, 0.717) is 25.1 Å². The molecule has 0 saturated carbocycles. The predicted octanol–water partition coefficient (Wildman–Crippen LogP) is 1.92. The quantitative estimate of drug-likeness (QED) is 0.767. The van der Waals surface area contributed by atoms with Gasteiger partial charge < -0.3 is 10.1 Å². The van der Waals surface area contributed by atoms with Gasteiger partial charge in [-0.2, -0.15) is 5.26 Å². The summed E-state index contributed by atoms with van der Waals surface area (Å²) in [6.45, 7) is 2.69. The van der Waals surface area contributed by atoms with E-state index in [1.54, 1.807) is 25.1 Å². The number of nitriles is 1. The molecule has 0 atom stereocenters. The molecule has 16 heavy (non-hydrogen) atoms. The molecule has 0 radical (unpaired) electrons. The van der Waals surface area contributed by atoms with Gasteiger partial charge in [0.1, 0.15) is 0 Å². The molecule has 1 aromatic carbocycles. The summed E-state index contributed by atoms with van der Waals surface area (Å²) in [7, 11) is 0. The molecule has 4 nitrogen and oxygen atoms in total. The minimum atomic E-state index is -0.216. The second-order valence-corrected chi connectivity index (χ2v) is 3.17. The van der Waals surface area contributed by atoms with E-state index in [4.69, 9.17) is 10.00 Å². The highest BCUT2D eigenvalue weighted by Crippen LogP contribution is 2.09. The average molecular weight is 218 g/mol. The van der Waals surface area contributed by atoms with Crippen LogP contribution >= 0.6 is 0 Å². The SMILES string of the molecule is CCOC(=O)CCNc1cccc(C#N)c1. The molecule has 84 valence electrons. The van der Waals surface area contributed by atoms with Gasteiger partial charge in [0.15, 0.2) is 0 Å². The van der Waals surface area contributed by atoms with Crippen LogP contribution in [-0.2, 0) is 9.53 Å². The Morgan fingerprint density at radius 1 is 1.56 bits per heavy atom. The molecule has 4 heteroatoms. The van der Waals surface area contributed by atoms with E-state index < -0.39 is 0 Å². The topological polar surface area (TPSA) is 62.1 Å². The van der Waals surface area contributed by atoms with E-state index in [-0.39, 0.29) is 5.97 Å². The molecular formula is C12H14N2O2. The summed E-state index contributed by atoms with van der Waals surface area (Å²) in [5.41, 5.74) is 1.43. The van der Waals surface area contributed by atoms with E-state index in [2.05, 4.69) is 11.4 Å². The lowest BCUT2D eigenvalue weighted by atomic mass is 10.2. The van der Waals surface area contributed by atoms with Gasteiger partial charge in [-0.15, -0.1) is 0 Å². The average Bonchev–Trinajstić information content (AvgIpc) is 2.30. The van der Waals surface area contributed by atoms with E-state index >= 15 is 0 Å². The maximum atomic E-state index is 11.0. The van der Waals surface area contributed by atoms with Gasteiger partial charge in [-0.05, 0) is 25.1 Å². The number of hydrogen-bond acceptors (Lipinski definition) is 4. The van der Waals surface area contributed by atoms with Crippen LogP contribution in [0.5, 0.6) is 0 Å². The van der Waals surface area contributed by atoms with Gasteiger partial charge in [-0.1, -0.05) is 6.07 Å². The second-order valence-electron chi connectivity index (χ2n) is 3.17. The van der Waals surface area contributed by atoms with Crippen molar-refractivity contribution in [3.8, 4) is 6.07 Å². The summed E-state index contributed by atoms with van der Waals surface area (Å²) in [6, 6.07) is 9.18. The highest BCUT2D eigenvalue weighted by molar-refractivity contribution is 5.70. The summed E-state index contributed by atoms with van der Waals surface area (Å²) in [5, 5.41) is 11.8. The molecule has 0 heterocycles. The van der Waals surface area contributed by atoms with Crippen LogP contribution in [0.1, 0.15) is 18.9 Å². The van der Waals surface area contributed by atoms with Gasteiger partial charge in [-0.25, -0.2) is 0 Å². The summed E-state index contributed by atoms with van der Waals surface area (Å²) < 4.78 is 4.79. The molecular weight excluding hydrogens is 204 g/mol. The fraction of sp³-hybridized carbons (Fsp3) is 0.333. The van der Waals surface area contributed by atoms with E-state index in [0.717, 1.165) is 5.69 Å². The molecule has 0 unspecified atom stereocenters. The molecule has 0 amide bonds. The lowest BCUT2D eigenvalue weighted by molar-refractivity contribution is -0.142. The number of carbonyl (C=O) groups is 1. The number of anilines is 1. The van der Waals surface area contributed by atoms with Crippen LogP contribution in [0.4, 0.5) is 5.69 Å². The third-order valence-corrected chi connectivity index (χ3v) is 1.96. The first kappa shape index (κ1) is 12.1. The zero-order valence-electron chi connectivity index (χ0n) is 9.19. The van der Waals surface area contributed by atoms with Crippen LogP contribution < -0.4 is 5.32 Å². The van der Waals surface area contributed by atoms with Gasteiger partial charge in [0.2, 0.25) is 0 Å². The molecule has 0 spiro atoms. The molecule has 0 aliphatic rings. The first-order chi connectivity index (χ1) is 7.76. The number of carbonyl (C=O) groups excluding carboxylic acids is 1. The molecule has 0 aromatic heterocycles. The summed E-state index contributed by atoms with van der Waals surface area (Å²) in [5.74, 6) is -0.216. The smallest absolute Gasteiger partial charge is 0.307 e. The minimum absolute atomic E-state index is 0.216. The van der Waals surface area contributed by atoms with Crippen molar-refractivity contribution in [3.63, 3.8) is 0 Å². The molecule has 0 fully saturated rings. The Balaban J connectivity index is 2.37. The maximum absolute atomic E-state index is 11.0. The van der Waals surface area contributed by atoms with Crippen molar-refractivity contribution in [1.82, 2.24) is 0 Å². The van der Waals surface area contributed by atoms with Crippen LogP contribution in [0.3, 0.4) is 0 Å². The van der Waals surface area contributed by atoms with E-state index in [1.165, 1.54) is 0 Å². The lowest BCUT2D eigenvalue weighted by Gasteiger charge is -2.06. The zero-order chi connectivity index (χ0) is 11.8. The Kier molecular flexibility index (Phi) is 4.87. The number of esters is 1. The second kappa shape index (κ2) is 6.46. The monoisotopic (exact) mass is 218 g/mol. The van der Waals surface area contributed by atoms with Crippen molar-refractivity contribution in [2.24, 2.45) is 0 Å². The van der Waals surface area contributed by atoms with Crippen LogP contribution in [0.15, 0.2) is 24.3 Å². The molecule has 1 N–H and O–H groups in total. The fourth-order valence-electron chi connectivity index (χ4n) is 1.24. The number of nitrogens with zero attached hydrogens (tertiary/aromatic N) is 1. The summed E-state index contributed by atoms with van der Waals surface area (Å²) in [6.07, 6.45) is 0.324. The molecule has 0 saturated heterocycles. The van der Waals surface area contributed by atoms with Crippen molar-refractivity contribution in [2.75, 3.05) is 18.5 Å². The zero-order valence-corrected chi connectivity index (χ0v) is 9.19. The van der Waals surface area contributed by atoms with Crippen LogP contribution in [0.2, 0.25) is 0 Å². The highest BCUT2D eigenvalue weighted by atomic mass is 16.5. The Morgan fingerprint density at radius 3 is 3.06 bits per heavy atom. The largest absolute Gasteiger partial charge is 0.466 e. The van der Waals surface area contributed by atoms with Gasteiger partial charge >= 0.3 is 5.97 Å². The number of ether oxygens (including phenoxy) is 1. The standard InChI is InChI=1S/C12H14N2O2/c1-2-16-12(15)6-7-14-11-5-3-4-10(8-11)9-13/h3-5,8,14H,2,6-7H2,1H3. The van der Waals surface area contributed by atoms with Gasteiger partial charge in [0.05, 0.1) is 24.7 Å². The molecule has 1 rings (SSSR count). The van der Waals surface area contributed by atoms with E-state index in [1.807, 2.05) is 6.07 Å². The van der Waals surface area contributed by atoms with Gasteiger partial charge in [0.25, 0.3) is 0 Å². The number of hydrogen-bond donors (Lipinski definition) is 1. The number of rotatable bonds is 5. The van der Waals surface area contributed by atoms with Crippen molar-refractivity contribution in [3.05, 3.63) is 29.8 Å². The van der Waals surface area contributed by atoms with Crippen molar-refractivity contribution in [2.45, 2.75) is 13.3 Å². The van der Waals surface area contributed by atoms with Gasteiger partial charge in [0, 0.05) is 12.2 Å².